The predicted octanol–water partition coefficient (Wildman–Crippen LogP) is -0.560. The van der Waals surface area contributed by atoms with Gasteiger partial charge in [-0.15, -0.1) is 0 Å². The molecule has 0 aliphatic heterocycles. The average molecular weight is 317 g/mol. The zero-order chi connectivity index (χ0) is 16.0. The molecule has 0 spiro atoms. The van der Waals surface area contributed by atoms with E-state index in [0.717, 1.165) is 12.3 Å². The number of nitrogens with two attached hydrogens (primary N) is 1. The first kappa shape index (κ1) is 16.8. The Bertz CT molecular complexity index is 645. The van der Waals surface area contributed by atoms with Crippen LogP contribution in [-0.4, -0.2) is 43.6 Å². The molecule has 1 amide bonds. The Kier molecular flexibility index (Phi) is 5.55. The zero-order valence-electron chi connectivity index (χ0n) is 11.2. The van der Waals surface area contributed by atoms with Gasteiger partial charge in [-0.05, 0) is 6.42 Å². The molecule has 1 rings (SSSR count). The van der Waals surface area contributed by atoms with Crippen LogP contribution in [-0.2, 0) is 10.0 Å². The number of amides is 1. The summed E-state index contributed by atoms with van der Waals surface area (Å²) in [7, 11) is -2.06. The van der Waals surface area contributed by atoms with Crippen molar-refractivity contribution in [2.45, 2.75) is 6.42 Å². The summed E-state index contributed by atoms with van der Waals surface area (Å²) in [6, 6.07) is 1.09. The fourth-order valence-corrected chi connectivity index (χ4v) is 2.04. The topological polar surface area (TPSA) is 157 Å². The summed E-state index contributed by atoms with van der Waals surface area (Å²) in [5.41, 5.74) is -0.314. The number of anilines is 1. The van der Waals surface area contributed by atoms with E-state index < -0.39 is 20.9 Å². The van der Waals surface area contributed by atoms with Crippen molar-refractivity contribution in [3.63, 3.8) is 0 Å². The summed E-state index contributed by atoms with van der Waals surface area (Å²) in [5.74, 6) is -0.672. The van der Waals surface area contributed by atoms with Crippen molar-refractivity contribution in [2.24, 2.45) is 5.14 Å². The molecule has 0 fully saturated rings. The molecule has 0 bridgehead atoms. The van der Waals surface area contributed by atoms with Gasteiger partial charge in [0.1, 0.15) is 12.0 Å². The van der Waals surface area contributed by atoms with Crippen molar-refractivity contribution in [3.05, 3.63) is 27.9 Å². The summed E-state index contributed by atoms with van der Waals surface area (Å²) in [6.07, 6.45) is 1.17. The maximum atomic E-state index is 11.9. The second-order valence-corrected chi connectivity index (χ2v) is 5.81. The van der Waals surface area contributed by atoms with E-state index in [2.05, 4.69) is 15.6 Å². The van der Waals surface area contributed by atoms with Gasteiger partial charge in [0, 0.05) is 19.7 Å². The molecular formula is C10H15N5O5S. The van der Waals surface area contributed by atoms with Crippen LogP contribution in [0, 0.1) is 10.1 Å². The second kappa shape index (κ2) is 6.95. The van der Waals surface area contributed by atoms with Gasteiger partial charge in [-0.1, -0.05) is 0 Å². The molecule has 0 saturated carbocycles. The largest absolute Gasteiger partial charge is 0.372 e. The van der Waals surface area contributed by atoms with Gasteiger partial charge in [-0.3, -0.25) is 14.9 Å². The van der Waals surface area contributed by atoms with Crippen molar-refractivity contribution < 1.29 is 18.1 Å². The Balaban J connectivity index is 2.76. The molecule has 1 aromatic heterocycles. The number of aromatic nitrogens is 1. The van der Waals surface area contributed by atoms with Crippen LogP contribution in [0.4, 0.5) is 11.5 Å². The molecule has 0 aliphatic carbocycles. The van der Waals surface area contributed by atoms with E-state index in [0.29, 0.717) is 0 Å². The Morgan fingerprint density at radius 1 is 1.52 bits per heavy atom. The van der Waals surface area contributed by atoms with Gasteiger partial charge < -0.3 is 10.6 Å². The minimum absolute atomic E-state index is 0.00213. The van der Waals surface area contributed by atoms with E-state index >= 15 is 0 Å². The number of sulfonamides is 1. The quantitative estimate of drug-likeness (QED) is 0.345. The van der Waals surface area contributed by atoms with E-state index in [1.807, 2.05) is 0 Å². The van der Waals surface area contributed by atoms with Crippen molar-refractivity contribution in [1.29, 1.82) is 0 Å². The van der Waals surface area contributed by atoms with Crippen LogP contribution in [0.25, 0.3) is 0 Å². The molecule has 0 radical (unpaired) electrons. The summed E-state index contributed by atoms with van der Waals surface area (Å²) < 4.78 is 21.5. The van der Waals surface area contributed by atoms with E-state index in [4.69, 9.17) is 5.14 Å². The minimum atomic E-state index is -3.58. The van der Waals surface area contributed by atoms with E-state index in [9.17, 15) is 23.3 Å². The smallest absolute Gasteiger partial charge is 0.288 e. The number of nitro groups is 1. The Labute approximate surface area is 120 Å². The number of carbonyl (C=O) groups excluding carboxylic acids is 1. The summed E-state index contributed by atoms with van der Waals surface area (Å²) in [5, 5.41) is 20.6. The molecule has 1 aromatic rings. The number of nitrogens with zero attached hydrogens (tertiary/aromatic N) is 2. The Morgan fingerprint density at radius 3 is 2.71 bits per heavy atom. The summed E-state index contributed by atoms with van der Waals surface area (Å²) >= 11 is 0. The van der Waals surface area contributed by atoms with Crippen LogP contribution < -0.4 is 15.8 Å². The standard InChI is InChI=1S/C10H15N5O5S/c1-12-9-8(5-7(6-14-9)15(17)18)10(16)13-3-2-4-21(11,19)20/h5-6H,2-4H2,1H3,(H,12,14)(H,13,16)(H2,11,19,20). The maximum Gasteiger partial charge on any atom is 0.288 e. The first-order valence-electron chi connectivity index (χ1n) is 5.85. The minimum Gasteiger partial charge on any atom is -0.372 e. The van der Waals surface area contributed by atoms with Gasteiger partial charge in [0.25, 0.3) is 11.6 Å². The number of hydrogen-bond donors (Lipinski definition) is 3. The molecule has 11 heteroatoms. The molecule has 0 aromatic carbocycles. The van der Waals surface area contributed by atoms with Gasteiger partial charge in [-0.25, -0.2) is 18.5 Å². The summed E-state index contributed by atoms with van der Waals surface area (Å²) in [4.78, 5) is 25.7. The van der Waals surface area contributed by atoms with E-state index in [1.165, 1.54) is 7.05 Å². The molecule has 21 heavy (non-hydrogen) atoms. The maximum absolute atomic E-state index is 11.9. The molecule has 0 atom stereocenters. The predicted molar refractivity (Wildman–Crippen MR) is 75.4 cm³/mol. The Hall–Kier alpha value is -2.27. The van der Waals surface area contributed by atoms with Gasteiger partial charge in [0.2, 0.25) is 10.0 Å². The van der Waals surface area contributed by atoms with Crippen molar-refractivity contribution in [2.75, 3.05) is 24.7 Å². The third-order valence-electron chi connectivity index (χ3n) is 2.46. The molecule has 0 aliphatic rings. The van der Waals surface area contributed by atoms with Crippen LogP contribution in [0.15, 0.2) is 12.3 Å². The lowest BCUT2D eigenvalue weighted by molar-refractivity contribution is -0.385. The number of nitrogens with one attached hydrogen (secondary N) is 2. The van der Waals surface area contributed by atoms with Gasteiger partial charge in [0.05, 0.1) is 16.2 Å². The monoisotopic (exact) mass is 317 g/mol. The Morgan fingerprint density at radius 2 is 2.19 bits per heavy atom. The highest BCUT2D eigenvalue weighted by Crippen LogP contribution is 2.18. The molecule has 116 valence electrons. The van der Waals surface area contributed by atoms with Crippen LogP contribution >= 0.6 is 0 Å². The third kappa shape index (κ3) is 5.31. The first-order valence-corrected chi connectivity index (χ1v) is 7.57. The number of pyridine rings is 1. The van der Waals surface area contributed by atoms with Crippen LogP contribution in [0.2, 0.25) is 0 Å². The third-order valence-corrected chi connectivity index (χ3v) is 3.31. The van der Waals surface area contributed by atoms with Crippen LogP contribution in [0.5, 0.6) is 0 Å². The lowest BCUT2D eigenvalue weighted by atomic mass is 10.2. The van der Waals surface area contributed by atoms with Gasteiger partial charge in [-0.2, -0.15) is 0 Å². The average Bonchev–Trinajstić information content (AvgIpc) is 2.41. The summed E-state index contributed by atoms with van der Waals surface area (Å²) in [6.45, 7) is 0.0705. The van der Waals surface area contributed by atoms with Crippen LogP contribution in [0.1, 0.15) is 16.8 Å². The van der Waals surface area contributed by atoms with E-state index in [-0.39, 0.29) is 35.8 Å². The van der Waals surface area contributed by atoms with E-state index in [1.54, 1.807) is 0 Å². The number of carbonyl (C=O) groups is 1. The lowest BCUT2D eigenvalue weighted by Gasteiger charge is -2.08. The van der Waals surface area contributed by atoms with Crippen molar-refractivity contribution >= 4 is 27.4 Å². The lowest BCUT2D eigenvalue weighted by Crippen LogP contribution is -2.28. The highest BCUT2D eigenvalue weighted by Gasteiger charge is 2.17. The highest BCUT2D eigenvalue weighted by atomic mass is 32.2. The highest BCUT2D eigenvalue weighted by molar-refractivity contribution is 7.89. The molecule has 0 saturated heterocycles. The molecule has 4 N–H and O–H groups in total. The SMILES string of the molecule is CNc1ncc([N+](=O)[O-])cc1C(=O)NCCCS(N)(=O)=O. The molecule has 10 nitrogen and oxygen atoms in total. The van der Waals surface area contributed by atoms with Gasteiger partial charge >= 0.3 is 0 Å². The fraction of sp³-hybridized carbons (Fsp3) is 0.400. The number of hydrogen-bond acceptors (Lipinski definition) is 7. The van der Waals surface area contributed by atoms with Crippen molar-refractivity contribution in [3.8, 4) is 0 Å². The van der Waals surface area contributed by atoms with Gasteiger partial charge in [0.15, 0.2) is 0 Å². The van der Waals surface area contributed by atoms with Crippen molar-refractivity contribution in [1.82, 2.24) is 10.3 Å². The zero-order valence-corrected chi connectivity index (χ0v) is 12.0. The van der Waals surface area contributed by atoms with Crippen LogP contribution in [0.3, 0.4) is 0 Å². The number of rotatable bonds is 7. The first-order chi connectivity index (χ1) is 9.74. The fourth-order valence-electron chi connectivity index (χ4n) is 1.50. The second-order valence-electron chi connectivity index (χ2n) is 4.07. The molecule has 0 unspecified atom stereocenters. The normalized spacial score (nSPS) is 11.0. The number of primary sulfonamides is 1. The molecular weight excluding hydrogens is 302 g/mol. The molecule has 1 heterocycles.